The zero-order chi connectivity index (χ0) is 12.5. The van der Waals surface area contributed by atoms with E-state index in [1.54, 1.807) is 0 Å². The topological polar surface area (TPSA) is 3.24 Å². The Bertz CT molecular complexity index is 577. The van der Waals surface area contributed by atoms with Crippen LogP contribution in [0, 0.1) is 6.92 Å². The van der Waals surface area contributed by atoms with E-state index in [0.717, 1.165) is 13.0 Å². The third kappa shape index (κ3) is 1.89. The molecule has 0 unspecified atom stereocenters. The van der Waals surface area contributed by atoms with Crippen LogP contribution in [0.1, 0.15) is 16.7 Å². The van der Waals surface area contributed by atoms with Crippen molar-refractivity contribution in [1.82, 2.24) is 0 Å². The predicted molar refractivity (Wildman–Crippen MR) is 77.9 cm³/mol. The number of rotatable bonds is 2. The first-order valence-electron chi connectivity index (χ1n) is 6.30. The number of benzene rings is 2. The summed E-state index contributed by atoms with van der Waals surface area (Å²) in [6, 6.07) is 15.2. The maximum atomic E-state index is 6.08. The van der Waals surface area contributed by atoms with E-state index in [4.69, 9.17) is 11.6 Å². The van der Waals surface area contributed by atoms with Crippen LogP contribution in [0.25, 0.3) is 0 Å². The fourth-order valence-electron chi connectivity index (χ4n) is 2.67. The molecule has 3 rings (SSSR count). The number of para-hydroxylation sites is 1. The van der Waals surface area contributed by atoms with Crippen LogP contribution in [-0.4, -0.2) is 6.54 Å². The van der Waals surface area contributed by atoms with Gasteiger partial charge in [0.15, 0.2) is 0 Å². The van der Waals surface area contributed by atoms with Gasteiger partial charge in [-0.3, -0.25) is 0 Å². The molecule has 1 aliphatic rings. The number of hydrogen-bond acceptors (Lipinski definition) is 1. The first-order valence-corrected chi connectivity index (χ1v) is 6.84. The van der Waals surface area contributed by atoms with Crippen molar-refractivity contribution in [3.63, 3.8) is 0 Å². The molecule has 1 heterocycles. The van der Waals surface area contributed by atoms with Crippen molar-refractivity contribution in [1.29, 1.82) is 0 Å². The number of aryl methyl sites for hydroxylation is 1. The van der Waals surface area contributed by atoms with Crippen molar-refractivity contribution < 1.29 is 0 Å². The Morgan fingerprint density at radius 2 is 1.94 bits per heavy atom. The molecule has 0 bridgehead atoms. The molecular weight excluding hydrogens is 242 g/mol. The van der Waals surface area contributed by atoms with E-state index in [2.05, 4.69) is 54.3 Å². The smallest absolute Gasteiger partial charge is 0.0494 e. The number of anilines is 2. The minimum Gasteiger partial charge on any atom is -0.341 e. The molecule has 1 aliphatic heterocycles. The summed E-state index contributed by atoms with van der Waals surface area (Å²) in [5.41, 5.74) is 6.49. The second-order valence-corrected chi connectivity index (χ2v) is 5.06. The first kappa shape index (κ1) is 11.6. The van der Waals surface area contributed by atoms with E-state index >= 15 is 0 Å². The summed E-state index contributed by atoms with van der Waals surface area (Å²) in [6.07, 6.45) is 1.12. The van der Waals surface area contributed by atoms with Gasteiger partial charge in [-0.25, -0.2) is 0 Å². The molecule has 0 saturated carbocycles. The van der Waals surface area contributed by atoms with Crippen LogP contribution in [-0.2, 0) is 12.3 Å². The normalized spacial score (nSPS) is 13.8. The van der Waals surface area contributed by atoms with E-state index in [0.29, 0.717) is 5.88 Å². The quantitative estimate of drug-likeness (QED) is 0.720. The van der Waals surface area contributed by atoms with E-state index in [-0.39, 0.29) is 0 Å². The van der Waals surface area contributed by atoms with Crippen LogP contribution in [0.5, 0.6) is 0 Å². The van der Waals surface area contributed by atoms with Gasteiger partial charge in [0.25, 0.3) is 0 Å². The molecule has 0 amide bonds. The molecule has 0 N–H and O–H groups in total. The Morgan fingerprint density at radius 3 is 2.78 bits per heavy atom. The molecule has 0 spiro atoms. The molecule has 92 valence electrons. The Balaban J connectivity index is 2.07. The number of nitrogens with zero attached hydrogens (tertiary/aromatic N) is 1. The van der Waals surface area contributed by atoms with Crippen LogP contribution in [0.2, 0.25) is 0 Å². The van der Waals surface area contributed by atoms with Gasteiger partial charge in [-0.2, -0.15) is 0 Å². The molecule has 2 heteroatoms. The SMILES string of the molecule is Cc1ccc(N2CCc3ccccc32)c(CCl)c1. The van der Waals surface area contributed by atoms with Crippen molar-refractivity contribution in [2.24, 2.45) is 0 Å². The van der Waals surface area contributed by atoms with Crippen molar-refractivity contribution in [3.05, 3.63) is 59.2 Å². The molecule has 2 aromatic rings. The first-order chi connectivity index (χ1) is 8.79. The van der Waals surface area contributed by atoms with Gasteiger partial charge in [-0.1, -0.05) is 35.9 Å². The van der Waals surface area contributed by atoms with E-state index in [1.165, 1.54) is 28.1 Å². The molecular formula is C16H16ClN. The summed E-state index contributed by atoms with van der Waals surface area (Å²) < 4.78 is 0. The number of halogens is 1. The van der Waals surface area contributed by atoms with E-state index < -0.39 is 0 Å². The standard InChI is InChI=1S/C16H16ClN/c1-12-6-7-16(14(10-12)11-17)18-9-8-13-4-2-3-5-15(13)18/h2-7,10H,8-9,11H2,1H3. The third-order valence-electron chi connectivity index (χ3n) is 3.56. The minimum atomic E-state index is 0.565. The predicted octanol–water partition coefficient (Wildman–Crippen LogP) is 4.43. The minimum absolute atomic E-state index is 0.565. The van der Waals surface area contributed by atoms with Crippen molar-refractivity contribution in [3.8, 4) is 0 Å². The zero-order valence-corrected chi connectivity index (χ0v) is 11.2. The largest absolute Gasteiger partial charge is 0.341 e. The van der Waals surface area contributed by atoms with Gasteiger partial charge in [0, 0.05) is 23.8 Å². The van der Waals surface area contributed by atoms with E-state index in [9.17, 15) is 0 Å². The highest BCUT2D eigenvalue weighted by atomic mass is 35.5. The average molecular weight is 258 g/mol. The summed E-state index contributed by atoms with van der Waals surface area (Å²) in [4.78, 5) is 2.38. The zero-order valence-electron chi connectivity index (χ0n) is 10.5. The number of alkyl halides is 1. The molecule has 0 aromatic heterocycles. The van der Waals surface area contributed by atoms with Crippen LogP contribution >= 0.6 is 11.6 Å². The number of fused-ring (bicyclic) bond motifs is 1. The highest BCUT2D eigenvalue weighted by Gasteiger charge is 2.21. The highest BCUT2D eigenvalue weighted by molar-refractivity contribution is 6.17. The van der Waals surface area contributed by atoms with Crippen molar-refractivity contribution in [2.45, 2.75) is 19.2 Å². The maximum absolute atomic E-state index is 6.08. The van der Waals surface area contributed by atoms with Gasteiger partial charge in [0.05, 0.1) is 0 Å². The lowest BCUT2D eigenvalue weighted by atomic mass is 10.1. The summed E-state index contributed by atoms with van der Waals surface area (Å²) in [5.74, 6) is 0.565. The van der Waals surface area contributed by atoms with Gasteiger partial charge < -0.3 is 4.90 Å². The van der Waals surface area contributed by atoms with Gasteiger partial charge in [-0.05, 0) is 36.6 Å². The Labute approximate surface area is 113 Å². The Hall–Kier alpha value is -1.47. The second kappa shape index (κ2) is 4.66. The van der Waals surface area contributed by atoms with Crippen LogP contribution in [0.3, 0.4) is 0 Å². The fraction of sp³-hybridized carbons (Fsp3) is 0.250. The van der Waals surface area contributed by atoms with Crippen molar-refractivity contribution in [2.75, 3.05) is 11.4 Å². The van der Waals surface area contributed by atoms with Gasteiger partial charge in [0.2, 0.25) is 0 Å². The fourth-order valence-corrected chi connectivity index (χ4v) is 2.89. The summed E-state index contributed by atoms with van der Waals surface area (Å²) >= 11 is 6.08. The summed E-state index contributed by atoms with van der Waals surface area (Å²) in [5, 5.41) is 0. The number of hydrogen-bond donors (Lipinski definition) is 0. The van der Waals surface area contributed by atoms with Crippen LogP contribution < -0.4 is 4.90 Å². The lowest BCUT2D eigenvalue weighted by Crippen LogP contribution is -2.15. The monoisotopic (exact) mass is 257 g/mol. The van der Waals surface area contributed by atoms with E-state index in [1.807, 2.05) is 0 Å². The van der Waals surface area contributed by atoms with Gasteiger partial charge >= 0.3 is 0 Å². The van der Waals surface area contributed by atoms with Gasteiger partial charge in [0.1, 0.15) is 0 Å². The highest BCUT2D eigenvalue weighted by Crippen LogP contribution is 2.36. The summed E-state index contributed by atoms with van der Waals surface area (Å²) in [6.45, 7) is 3.16. The second-order valence-electron chi connectivity index (χ2n) is 4.80. The molecule has 2 aromatic carbocycles. The molecule has 18 heavy (non-hydrogen) atoms. The van der Waals surface area contributed by atoms with Gasteiger partial charge in [-0.15, -0.1) is 11.6 Å². The lowest BCUT2D eigenvalue weighted by Gasteiger charge is -2.22. The lowest BCUT2D eigenvalue weighted by molar-refractivity contribution is 0.990. The Kier molecular flexibility index (Phi) is 3.00. The maximum Gasteiger partial charge on any atom is 0.0494 e. The molecule has 0 atom stereocenters. The molecule has 1 nitrogen and oxygen atoms in total. The van der Waals surface area contributed by atoms with Crippen LogP contribution in [0.15, 0.2) is 42.5 Å². The Morgan fingerprint density at radius 1 is 1.11 bits per heavy atom. The molecule has 0 saturated heterocycles. The molecule has 0 fully saturated rings. The molecule has 0 aliphatic carbocycles. The average Bonchev–Trinajstić information content (AvgIpc) is 2.82. The van der Waals surface area contributed by atoms with Crippen molar-refractivity contribution >= 4 is 23.0 Å². The third-order valence-corrected chi connectivity index (χ3v) is 3.84. The summed E-state index contributed by atoms with van der Waals surface area (Å²) in [7, 11) is 0. The van der Waals surface area contributed by atoms with Crippen LogP contribution in [0.4, 0.5) is 11.4 Å². The molecule has 0 radical (unpaired) electrons.